The Morgan fingerprint density at radius 3 is 2.71 bits per heavy atom. The van der Waals surface area contributed by atoms with Gasteiger partial charge in [0.25, 0.3) is 5.91 Å². The summed E-state index contributed by atoms with van der Waals surface area (Å²) in [6.07, 6.45) is 6.50. The summed E-state index contributed by atoms with van der Waals surface area (Å²) in [5.41, 5.74) is -0.763. The van der Waals surface area contributed by atoms with Crippen LogP contribution in [0.25, 0.3) is 0 Å². The number of aromatic carboxylic acids is 1. The number of pyridine rings is 1. The zero-order valence-electron chi connectivity index (χ0n) is 9.52. The standard InChI is InChI=1S/C12H12N2O3/c1-4-12(2,3)14-10(15)8-5-6-13-9(7-8)11(16)17/h1,5-7H,2-3H3,(H,14,15)(H,16,17). The van der Waals surface area contributed by atoms with Crippen LogP contribution >= 0.6 is 0 Å². The molecular formula is C12H12N2O3. The molecule has 5 heteroatoms. The smallest absolute Gasteiger partial charge is 0.354 e. The van der Waals surface area contributed by atoms with Crippen LogP contribution in [-0.4, -0.2) is 27.5 Å². The summed E-state index contributed by atoms with van der Waals surface area (Å²) in [5, 5.41) is 11.3. The average molecular weight is 232 g/mol. The van der Waals surface area contributed by atoms with E-state index in [0.717, 1.165) is 0 Å². The van der Waals surface area contributed by atoms with Gasteiger partial charge in [-0.2, -0.15) is 0 Å². The third-order valence-corrected chi connectivity index (χ3v) is 2.03. The minimum Gasteiger partial charge on any atom is -0.477 e. The molecule has 1 rings (SSSR count). The molecule has 1 heterocycles. The maximum Gasteiger partial charge on any atom is 0.354 e. The monoisotopic (exact) mass is 232 g/mol. The predicted molar refractivity (Wildman–Crippen MR) is 61.6 cm³/mol. The van der Waals surface area contributed by atoms with Gasteiger partial charge in [-0.3, -0.25) is 4.79 Å². The maximum atomic E-state index is 11.8. The third-order valence-electron chi connectivity index (χ3n) is 2.03. The molecule has 17 heavy (non-hydrogen) atoms. The zero-order valence-corrected chi connectivity index (χ0v) is 9.52. The van der Waals surface area contributed by atoms with Crippen molar-refractivity contribution < 1.29 is 14.7 Å². The quantitative estimate of drug-likeness (QED) is 0.759. The first-order valence-corrected chi connectivity index (χ1v) is 4.85. The van der Waals surface area contributed by atoms with Gasteiger partial charge >= 0.3 is 5.97 Å². The molecule has 0 bridgehead atoms. The number of terminal acetylenes is 1. The van der Waals surface area contributed by atoms with Crippen LogP contribution in [0.2, 0.25) is 0 Å². The van der Waals surface area contributed by atoms with Crippen molar-refractivity contribution in [1.29, 1.82) is 0 Å². The van der Waals surface area contributed by atoms with Gasteiger partial charge in [0.05, 0.1) is 5.54 Å². The summed E-state index contributed by atoms with van der Waals surface area (Å²) in [6.45, 7) is 3.34. The Hall–Kier alpha value is -2.35. The number of hydrogen-bond donors (Lipinski definition) is 2. The highest BCUT2D eigenvalue weighted by molar-refractivity contribution is 5.97. The Morgan fingerprint density at radius 1 is 1.53 bits per heavy atom. The molecule has 1 aromatic heterocycles. The second-order valence-corrected chi connectivity index (χ2v) is 3.96. The lowest BCUT2D eigenvalue weighted by atomic mass is 10.1. The van der Waals surface area contributed by atoms with Crippen LogP contribution in [0.15, 0.2) is 18.3 Å². The van der Waals surface area contributed by atoms with Crippen molar-refractivity contribution in [1.82, 2.24) is 10.3 Å². The number of nitrogens with zero attached hydrogens (tertiary/aromatic N) is 1. The van der Waals surface area contributed by atoms with Crippen LogP contribution < -0.4 is 5.32 Å². The lowest BCUT2D eigenvalue weighted by molar-refractivity contribution is 0.0690. The van der Waals surface area contributed by atoms with Crippen molar-refractivity contribution in [2.75, 3.05) is 0 Å². The van der Waals surface area contributed by atoms with Crippen molar-refractivity contribution in [3.8, 4) is 12.3 Å². The highest BCUT2D eigenvalue weighted by atomic mass is 16.4. The molecule has 0 saturated heterocycles. The zero-order chi connectivity index (χ0) is 13.1. The fourth-order valence-corrected chi connectivity index (χ4v) is 1.08. The second-order valence-electron chi connectivity index (χ2n) is 3.96. The van der Waals surface area contributed by atoms with Crippen molar-refractivity contribution in [2.24, 2.45) is 0 Å². The molecule has 2 N–H and O–H groups in total. The summed E-state index contributed by atoms with van der Waals surface area (Å²) in [6, 6.07) is 2.62. The van der Waals surface area contributed by atoms with Crippen molar-refractivity contribution >= 4 is 11.9 Å². The largest absolute Gasteiger partial charge is 0.477 e. The van der Waals surface area contributed by atoms with E-state index in [1.165, 1.54) is 18.3 Å². The molecule has 0 aliphatic rings. The SMILES string of the molecule is C#CC(C)(C)NC(=O)c1ccnc(C(=O)O)c1. The van der Waals surface area contributed by atoms with Crippen LogP contribution in [0, 0.1) is 12.3 Å². The molecule has 0 aliphatic heterocycles. The Kier molecular flexibility index (Phi) is 3.49. The molecule has 1 amide bonds. The molecule has 1 aromatic rings. The molecule has 0 atom stereocenters. The lowest BCUT2D eigenvalue weighted by Crippen LogP contribution is -2.42. The van der Waals surface area contributed by atoms with Gasteiger partial charge in [-0.15, -0.1) is 6.42 Å². The summed E-state index contributed by atoms with van der Waals surface area (Å²) in [7, 11) is 0. The Bertz CT molecular complexity index is 501. The van der Waals surface area contributed by atoms with E-state index in [4.69, 9.17) is 11.5 Å². The van der Waals surface area contributed by atoms with E-state index in [-0.39, 0.29) is 11.3 Å². The van der Waals surface area contributed by atoms with Gasteiger partial charge in [0.2, 0.25) is 0 Å². The maximum absolute atomic E-state index is 11.8. The fourth-order valence-electron chi connectivity index (χ4n) is 1.08. The number of nitrogens with one attached hydrogen (secondary N) is 1. The first kappa shape index (κ1) is 12.7. The Morgan fingerprint density at radius 2 is 2.18 bits per heavy atom. The number of carbonyl (C=O) groups excluding carboxylic acids is 1. The number of carboxylic acid groups (broad SMARTS) is 1. The van der Waals surface area contributed by atoms with Gasteiger partial charge in [0, 0.05) is 11.8 Å². The van der Waals surface area contributed by atoms with Crippen LogP contribution in [0.5, 0.6) is 0 Å². The molecular weight excluding hydrogens is 220 g/mol. The number of rotatable bonds is 3. The number of aromatic nitrogens is 1. The highest BCUT2D eigenvalue weighted by Crippen LogP contribution is 2.06. The molecule has 0 aliphatic carbocycles. The first-order chi connectivity index (χ1) is 7.85. The second kappa shape index (κ2) is 4.66. The Balaban J connectivity index is 2.95. The van der Waals surface area contributed by atoms with Gasteiger partial charge < -0.3 is 10.4 Å². The van der Waals surface area contributed by atoms with Gasteiger partial charge in [0.1, 0.15) is 5.69 Å². The van der Waals surface area contributed by atoms with Crippen molar-refractivity contribution in [2.45, 2.75) is 19.4 Å². The summed E-state index contributed by atoms with van der Waals surface area (Å²) in [4.78, 5) is 26.1. The predicted octanol–water partition coefficient (Wildman–Crippen LogP) is 0.921. The molecule has 5 nitrogen and oxygen atoms in total. The van der Waals surface area contributed by atoms with E-state index in [9.17, 15) is 9.59 Å². The number of amides is 1. The van der Waals surface area contributed by atoms with Crippen LogP contribution in [0.3, 0.4) is 0 Å². The molecule has 0 radical (unpaired) electrons. The van der Waals surface area contributed by atoms with Gasteiger partial charge in [0.15, 0.2) is 0 Å². The number of carbonyl (C=O) groups is 2. The van der Waals surface area contributed by atoms with E-state index < -0.39 is 17.4 Å². The van der Waals surface area contributed by atoms with Gasteiger partial charge in [-0.05, 0) is 26.0 Å². The molecule has 0 saturated carbocycles. The van der Waals surface area contributed by atoms with E-state index in [1.54, 1.807) is 13.8 Å². The summed E-state index contributed by atoms with van der Waals surface area (Å²) in [5.74, 6) is 0.799. The fraction of sp³-hybridized carbons (Fsp3) is 0.250. The van der Waals surface area contributed by atoms with Crippen molar-refractivity contribution in [3.63, 3.8) is 0 Å². The van der Waals surface area contributed by atoms with E-state index in [1.807, 2.05) is 0 Å². The van der Waals surface area contributed by atoms with E-state index >= 15 is 0 Å². The first-order valence-electron chi connectivity index (χ1n) is 4.85. The van der Waals surface area contributed by atoms with E-state index in [2.05, 4.69) is 16.2 Å². The van der Waals surface area contributed by atoms with Crippen LogP contribution in [0.4, 0.5) is 0 Å². The van der Waals surface area contributed by atoms with Gasteiger partial charge in [-0.25, -0.2) is 9.78 Å². The lowest BCUT2D eigenvalue weighted by Gasteiger charge is -2.19. The summed E-state index contributed by atoms with van der Waals surface area (Å²) >= 11 is 0. The van der Waals surface area contributed by atoms with E-state index in [0.29, 0.717) is 0 Å². The van der Waals surface area contributed by atoms with Crippen LogP contribution in [-0.2, 0) is 0 Å². The van der Waals surface area contributed by atoms with Gasteiger partial charge in [-0.1, -0.05) is 5.92 Å². The molecule has 0 fully saturated rings. The average Bonchev–Trinajstić information content (AvgIpc) is 2.28. The topological polar surface area (TPSA) is 79.3 Å². The molecule has 0 spiro atoms. The summed E-state index contributed by atoms with van der Waals surface area (Å²) < 4.78 is 0. The van der Waals surface area contributed by atoms with Crippen LogP contribution in [0.1, 0.15) is 34.7 Å². The normalized spacial score (nSPS) is 10.4. The minimum absolute atomic E-state index is 0.184. The molecule has 0 aromatic carbocycles. The minimum atomic E-state index is -1.18. The molecule has 88 valence electrons. The molecule has 0 unspecified atom stereocenters. The highest BCUT2D eigenvalue weighted by Gasteiger charge is 2.19. The number of carboxylic acids is 1. The third kappa shape index (κ3) is 3.31. The number of hydrogen-bond acceptors (Lipinski definition) is 3. The van der Waals surface area contributed by atoms with Crippen molar-refractivity contribution in [3.05, 3.63) is 29.6 Å². The Labute approximate surface area is 98.9 Å².